The maximum atomic E-state index is 8.80. The Morgan fingerprint density at radius 3 is 2.75 bits per heavy atom. The molecule has 0 saturated carbocycles. The van der Waals surface area contributed by atoms with Crippen LogP contribution in [0.1, 0.15) is 31.4 Å². The van der Waals surface area contributed by atoms with Crippen LogP contribution in [0.15, 0.2) is 42.5 Å². The summed E-state index contributed by atoms with van der Waals surface area (Å²) < 4.78 is 0. The molecule has 2 heteroatoms. The van der Waals surface area contributed by atoms with Gasteiger partial charge in [-0.2, -0.15) is 5.26 Å². The van der Waals surface area contributed by atoms with Crippen molar-refractivity contribution in [2.24, 2.45) is 0 Å². The molecule has 0 saturated heterocycles. The summed E-state index contributed by atoms with van der Waals surface area (Å²) in [4.78, 5) is 0. The Hall–Kier alpha value is -1.59. The highest BCUT2D eigenvalue weighted by Gasteiger charge is 2.08. The molecule has 0 heterocycles. The van der Waals surface area contributed by atoms with E-state index in [-0.39, 0.29) is 6.04 Å². The Morgan fingerprint density at radius 1 is 1.38 bits per heavy atom. The first-order chi connectivity index (χ1) is 7.88. The number of hydrogen-bond acceptors (Lipinski definition) is 2. The number of nitrogens with one attached hydrogen (secondary N) is 1. The molecule has 1 rings (SSSR count). The van der Waals surface area contributed by atoms with Crippen molar-refractivity contribution in [2.45, 2.75) is 25.8 Å². The third kappa shape index (κ3) is 4.29. The molecule has 0 aliphatic heterocycles. The molecular formula is C14H18N2. The lowest BCUT2D eigenvalue weighted by molar-refractivity contribution is 0.549. The van der Waals surface area contributed by atoms with Crippen molar-refractivity contribution in [1.82, 2.24) is 5.32 Å². The molecule has 0 amide bonds. The number of hydrogen-bond donors (Lipinski definition) is 1. The SMILES string of the molecule is C/C=C/CCNC(CC#N)c1ccccc1. The Kier molecular flexibility index (Phi) is 5.98. The molecule has 0 aromatic heterocycles. The highest BCUT2D eigenvalue weighted by molar-refractivity contribution is 5.19. The van der Waals surface area contributed by atoms with E-state index in [1.165, 1.54) is 5.56 Å². The molecule has 1 aromatic carbocycles. The van der Waals surface area contributed by atoms with Crippen LogP contribution in [0.2, 0.25) is 0 Å². The van der Waals surface area contributed by atoms with Gasteiger partial charge in [0, 0.05) is 6.04 Å². The van der Waals surface area contributed by atoms with E-state index in [2.05, 4.69) is 29.6 Å². The zero-order valence-corrected chi connectivity index (χ0v) is 9.69. The van der Waals surface area contributed by atoms with Crippen LogP contribution in [0.3, 0.4) is 0 Å². The molecule has 0 fully saturated rings. The molecule has 1 N–H and O–H groups in total. The predicted molar refractivity (Wildman–Crippen MR) is 66.8 cm³/mol. The van der Waals surface area contributed by atoms with Gasteiger partial charge in [0.25, 0.3) is 0 Å². The molecular weight excluding hydrogens is 196 g/mol. The van der Waals surface area contributed by atoms with Crippen LogP contribution in [0.5, 0.6) is 0 Å². The second-order valence-corrected chi connectivity index (χ2v) is 3.64. The van der Waals surface area contributed by atoms with Gasteiger partial charge in [0.05, 0.1) is 12.5 Å². The second-order valence-electron chi connectivity index (χ2n) is 3.64. The van der Waals surface area contributed by atoms with E-state index in [1.807, 2.05) is 31.2 Å². The van der Waals surface area contributed by atoms with E-state index in [9.17, 15) is 0 Å². The Morgan fingerprint density at radius 2 is 2.12 bits per heavy atom. The van der Waals surface area contributed by atoms with Gasteiger partial charge in [-0.05, 0) is 25.5 Å². The summed E-state index contributed by atoms with van der Waals surface area (Å²) >= 11 is 0. The summed E-state index contributed by atoms with van der Waals surface area (Å²) in [7, 11) is 0. The third-order valence-electron chi connectivity index (χ3n) is 2.43. The summed E-state index contributed by atoms with van der Waals surface area (Å²) in [5.41, 5.74) is 1.18. The number of nitrogens with zero attached hydrogens (tertiary/aromatic N) is 1. The Labute approximate surface area is 97.6 Å². The Balaban J connectivity index is 2.52. The van der Waals surface area contributed by atoms with Gasteiger partial charge in [-0.25, -0.2) is 0 Å². The van der Waals surface area contributed by atoms with E-state index < -0.39 is 0 Å². The first kappa shape index (κ1) is 12.5. The molecule has 0 radical (unpaired) electrons. The van der Waals surface area contributed by atoms with Crippen molar-refractivity contribution in [3.63, 3.8) is 0 Å². The topological polar surface area (TPSA) is 35.8 Å². The number of allylic oxidation sites excluding steroid dienone is 1. The quantitative estimate of drug-likeness (QED) is 0.583. The van der Waals surface area contributed by atoms with E-state index in [0.717, 1.165) is 13.0 Å². The van der Waals surface area contributed by atoms with Crippen molar-refractivity contribution in [3.8, 4) is 6.07 Å². The van der Waals surface area contributed by atoms with Crippen LogP contribution >= 0.6 is 0 Å². The van der Waals surface area contributed by atoms with Crippen LogP contribution in [0.25, 0.3) is 0 Å². The first-order valence-electron chi connectivity index (χ1n) is 5.65. The summed E-state index contributed by atoms with van der Waals surface area (Å²) in [6.07, 6.45) is 5.69. The monoisotopic (exact) mass is 214 g/mol. The fraction of sp³-hybridized carbons (Fsp3) is 0.357. The van der Waals surface area contributed by atoms with E-state index in [4.69, 9.17) is 5.26 Å². The van der Waals surface area contributed by atoms with Crippen LogP contribution in [0, 0.1) is 11.3 Å². The molecule has 0 spiro atoms. The average Bonchev–Trinajstić information content (AvgIpc) is 2.34. The lowest BCUT2D eigenvalue weighted by atomic mass is 10.0. The number of rotatable bonds is 6. The van der Waals surface area contributed by atoms with Crippen molar-refractivity contribution >= 4 is 0 Å². The zero-order chi connectivity index (χ0) is 11.6. The summed E-state index contributed by atoms with van der Waals surface area (Å²) in [6, 6.07) is 12.5. The van der Waals surface area contributed by atoms with Gasteiger partial charge in [-0.15, -0.1) is 0 Å². The first-order valence-corrected chi connectivity index (χ1v) is 5.65. The zero-order valence-electron chi connectivity index (χ0n) is 9.69. The van der Waals surface area contributed by atoms with Gasteiger partial charge in [0.1, 0.15) is 0 Å². The Bertz CT molecular complexity index is 349. The van der Waals surface area contributed by atoms with Crippen molar-refractivity contribution < 1.29 is 0 Å². The van der Waals surface area contributed by atoms with Crippen LogP contribution in [-0.4, -0.2) is 6.54 Å². The minimum absolute atomic E-state index is 0.149. The van der Waals surface area contributed by atoms with Crippen LogP contribution in [-0.2, 0) is 0 Å². The molecule has 84 valence electrons. The summed E-state index contributed by atoms with van der Waals surface area (Å²) in [6.45, 7) is 2.93. The lowest BCUT2D eigenvalue weighted by Gasteiger charge is -2.15. The van der Waals surface area contributed by atoms with Crippen LogP contribution < -0.4 is 5.32 Å². The van der Waals surface area contributed by atoms with Crippen LogP contribution in [0.4, 0.5) is 0 Å². The van der Waals surface area contributed by atoms with E-state index in [0.29, 0.717) is 6.42 Å². The molecule has 16 heavy (non-hydrogen) atoms. The molecule has 2 nitrogen and oxygen atoms in total. The second kappa shape index (κ2) is 7.67. The van der Waals surface area contributed by atoms with Gasteiger partial charge >= 0.3 is 0 Å². The molecule has 0 aliphatic rings. The summed E-state index contributed by atoms with van der Waals surface area (Å²) in [5, 5.41) is 12.2. The molecule has 0 bridgehead atoms. The third-order valence-corrected chi connectivity index (χ3v) is 2.43. The molecule has 1 aromatic rings. The fourth-order valence-electron chi connectivity index (χ4n) is 1.59. The number of nitriles is 1. The number of benzene rings is 1. The smallest absolute Gasteiger partial charge is 0.0641 e. The highest BCUT2D eigenvalue weighted by Crippen LogP contribution is 2.15. The van der Waals surface area contributed by atoms with Gasteiger partial charge in [-0.3, -0.25) is 0 Å². The minimum atomic E-state index is 0.149. The van der Waals surface area contributed by atoms with E-state index in [1.54, 1.807) is 0 Å². The van der Waals surface area contributed by atoms with Gasteiger partial charge in [-0.1, -0.05) is 42.5 Å². The molecule has 1 unspecified atom stereocenters. The maximum Gasteiger partial charge on any atom is 0.0641 e. The standard InChI is InChI=1S/C14H18N2/c1-2-3-7-12-16-14(10-11-15)13-8-5-4-6-9-13/h2-6,8-9,14,16H,7,10,12H2,1H3/b3-2+. The average molecular weight is 214 g/mol. The van der Waals surface area contributed by atoms with Gasteiger partial charge < -0.3 is 5.32 Å². The molecule has 1 atom stereocenters. The summed E-state index contributed by atoms with van der Waals surface area (Å²) in [5.74, 6) is 0. The van der Waals surface area contributed by atoms with Crippen molar-refractivity contribution in [2.75, 3.05) is 6.54 Å². The largest absolute Gasteiger partial charge is 0.309 e. The van der Waals surface area contributed by atoms with Crippen molar-refractivity contribution in [1.29, 1.82) is 5.26 Å². The lowest BCUT2D eigenvalue weighted by Crippen LogP contribution is -2.21. The van der Waals surface area contributed by atoms with Gasteiger partial charge in [0.2, 0.25) is 0 Å². The highest BCUT2D eigenvalue weighted by atomic mass is 14.9. The van der Waals surface area contributed by atoms with Crippen molar-refractivity contribution in [3.05, 3.63) is 48.0 Å². The normalized spacial score (nSPS) is 12.5. The predicted octanol–water partition coefficient (Wildman–Crippen LogP) is 3.20. The fourth-order valence-corrected chi connectivity index (χ4v) is 1.59. The van der Waals surface area contributed by atoms with Gasteiger partial charge in [0.15, 0.2) is 0 Å². The van der Waals surface area contributed by atoms with E-state index >= 15 is 0 Å². The molecule has 0 aliphatic carbocycles. The maximum absolute atomic E-state index is 8.80. The minimum Gasteiger partial charge on any atom is -0.309 e.